The van der Waals surface area contributed by atoms with Crippen LogP contribution in [0.3, 0.4) is 0 Å². The molecule has 0 saturated carbocycles. The van der Waals surface area contributed by atoms with Crippen LogP contribution < -0.4 is 0 Å². The van der Waals surface area contributed by atoms with Crippen LogP contribution in [0.4, 0.5) is 0 Å². The van der Waals surface area contributed by atoms with Gasteiger partial charge in [-0.1, -0.05) is 27.2 Å². The van der Waals surface area contributed by atoms with E-state index < -0.39 is 0 Å². The Morgan fingerprint density at radius 2 is 2.00 bits per heavy atom. The molecule has 1 aliphatic rings. The number of hydrogen-bond donors (Lipinski definition) is 0. The van der Waals surface area contributed by atoms with Crippen molar-refractivity contribution in [2.75, 3.05) is 26.7 Å². The highest BCUT2D eigenvalue weighted by molar-refractivity contribution is 4.98. The SMILES string of the molecule is CCCCOC1(C(C)C)CN(C)C1. The highest BCUT2D eigenvalue weighted by Gasteiger charge is 2.44. The van der Waals surface area contributed by atoms with Gasteiger partial charge < -0.3 is 9.64 Å². The fraction of sp³-hybridized carbons (Fsp3) is 1.00. The lowest BCUT2D eigenvalue weighted by atomic mass is 9.83. The molecule has 0 unspecified atom stereocenters. The number of nitrogens with zero attached hydrogens (tertiary/aromatic N) is 1. The van der Waals surface area contributed by atoms with Gasteiger partial charge in [-0.25, -0.2) is 0 Å². The van der Waals surface area contributed by atoms with Crippen molar-refractivity contribution in [2.45, 2.75) is 39.2 Å². The van der Waals surface area contributed by atoms with E-state index in [1.807, 2.05) is 0 Å². The number of unbranched alkanes of at least 4 members (excludes halogenated alkanes) is 1. The Bertz CT molecular complexity index is 150. The van der Waals surface area contributed by atoms with Crippen LogP contribution in [-0.4, -0.2) is 37.2 Å². The largest absolute Gasteiger partial charge is 0.372 e. The van der Waals surface area contributed by atoms with Crippen LogP contribution in [0.15, 0.2) is 0 Å². The number of rotatable bonds is 5. The molecule has 0 spiro atoms. The molecule has 13 heavy (non-hydrogen) atoms. The molecule has 0 radical (unpaired) electrons. The maximum Gasteiger partial charge on any atom is 0.0957 e. The van der Waals surface area contributed by atoms with Gasteiger partial charge in [-0.3, -0.25) is 0 Å². The topological polar surface area (TPSA) is 12.5 Å². The summed E-state index contributed by atoms with van der Waals surface area (Å²) < 4.78 is 6.00. The lowest BCUT2D eigenvalue weighted by molar-refractivity contribution is -0.162. The van der Waals surface area contributed by atoms with Crippen LogP contribution in [0.25, 0.3) is 0 Å². The summed E-state index contributed by atoms with van der Waals surface area (Å²) in [6, 6.07) is 0. The first-order chi connectivity index (χ1) is 6.10. The third-order valence-corrected chi connectivity index (χ3v) is 3.01. The van der Waals surface area contributed by atoms with Crippen LogP contribution in [-0.2, 0) is 4.74 Å². The summed E-state index contributed by atoms with van der Waals surface area (Å²) in [5, 5.41) is 0. The second-order valence-corrected chi connectivity index (χ2v) is 4.59. The maximum atomic E-state index is 6.00. The number of likely N-dealkylation sites (N-methyl/N-ethyl adjacent to an activating group) is 1. The summed E-state index contributed by atoms with van der Waals surface area (Å²) in [5.41, 5.74) is 0.171. The van der Waals surface area contributed by atoms with Crippen LogP contribution in [0, 0.1) is 5.92 Å². The third-order valence-electron chi connectivity index (χ3n) is 3.01. The summed E-state index contributed by atoms with van der Waals surface area (Å²) in [5.74, 6) is 0.639. The first kappa shape index (κ1) is 11.0. The summed E-state index contributed by atoms with van der Waals surface area (Å²) in [4.78, 5) is 2.33. The van der Waals surface area contributed by atoms with Gasteiger partial charge in [0.1, 0.15) is 0 Å². The second-order valence-electron chi connectivity index (χ2n) is 4.59. The average molecular weight is 185 g/mol. The van der Waals surface area contributed by atoms with Crippen molar-refractivity contribution in [2.24, 2.45) is 5.92 Å². The molecule has 0 amide bonds. The molecule has 0 aromatic heterocycles. The molecule has 2 heteroatoms. The van der Waals surface area contributed by atoms with Gasteiger partial charge in [0.05, 0.1) is 5.60 Å². The van der Waals surface area contributed by atoms with Gasteiger partial charge in [-0.2, -0.15) is 0 Å². The van der Waals surface area contributed by atoms with E-state index in [1.165, 1.54) is 12.8 Å². The zero-order valence-corrected chi connectivity index (χ0v) is 9.47. The quantitative estimate of drug-likeness (QED) is 0.608. The molecular weight excluding hydrogens is 162 g/mol. The Morgan fingerprint density at radius 3 is 2.38 bits per heavy atom. The first-order valence-corrected chi connectivity index (χ1v) is 5.43. The zero-order valence-electron chi connectivity index (χ0n) is 9.47. The summed E-state index contributed by atoms with van der Waals surface area (Å²) in [7, 11) is 2.16. The highest BCUT2D eigenvalue weighted by atomic mass is 16.5. The van der Waals surface area contributed by atoms with Gasteiger partial charge in [0.2, 0.25) is 0 Å². The van der Waals surface area contributed by atoms with Crippen LogP contribution in [0.5, 0.6) is 0 Å². The minimum Gasteiger partial charge on any atom is -0.372 e. The van der Waals surface area contributed by atoms with Gasteiger partial charge >= 0.3 is 0 Å². The molecule has 0 atom stereocenters. The Morgan fingerprint density at radius 1 is 1.38 bits per heavy atom. The van der Waals surface area contributed by atoms with E-state index in [9.17, 15) is 0 Å². The minimum absolute atomic E-state index is 0.171. The Labute approximate surface area is 82.3 Å². The van der Waals surface area contributed by atoms with Crippen molar-refractivity contribution in [1.29, 1.82) is 0 Å². The zero-order chi connectivity index (χ0) is 9.90. The molecule has 1 saturated heterocycles. The van der Waals surface area contributed by atoms with Gasteiger partial charge in [-0.15, -0.1) is 0 Å². The Hall–Kier alpha value is -0.0800. The van der Waals surface area contributed by atoms with E-state index in [-0.39, 0.29) is 5.60 Å². The summed E-state index contributed by atoms with van der Waals surface area (Å²) in [6.45, 7) is 9.88. The van der Waals surface area contributed by atoms with Crippen molar-refractivity contribution in [3.63, 3.8) is 0 Å². The molecular formula is C11H23NO. The van der Waals surface area contributed by atoms with Crippen molar-refractivity contribution >= 4 is 0 Å². The molecule has 0 aliphatic carbocycles. The molecule has 1 fully saturated rings. The maximum absolute atomic E-state index is 6.00. The van der Waals surface area contributed by atoms with Gasteiger partial charge in [0.25, 0.3) is 0 Å². The van der Waals surface area contributed by atoms with Gasteiger partial charge in [0.15, 0.2) is 0 Å². The lowest BCUT2D eigenvalue weighted by Crippen LogP contribution is -2.64. The van der Waals surface area contributed by atoms with Crippen molar-refractivity contribution < 1.29 is 4.74 Å². The molecule has 0 N–H and O–H groups in total. The molecule has 0 aromatic carbocycles. The van der Waals surface area contributed by atoms with E-state index in [0.29, 0.717) is 5.92 Å². The Kier molecular flexibility index (Phi) is 3.74. The van der Waals surface area contributed by atoms with E-state index >= 15 is 0 Å². The standard InChI is InChI=1S/C11H23NO/c1-5-6-7-13-11(10(2)3)8-12(4)9-11/h10H,5-9H2,1-4H3. The van der Waals surface area contributed by atoms with Crippen LogP contribution in [0.1, 0.15) is 33.6 Å². The molecule has 1 rings (SSSR count). The van der Waals surface area contributed by atoms with Crippen LogP contribution >= 0.6 is 0 Å². The van der Waals surface area contributed by atoms with Gasteiger partial charge in [-0.05, 0) is 19.4 Å². The molecule has 1 heterocycles. The second kappa shape index (κ2) is 4.43. The van der Waals surface area contributed by atoms with E-state index in [0.717, 1.165) is 19.7 Å². The summed E-state index contributed by atoms with van der Waals surface area (Å²) in [6.07, 6.45) is 2.42. The molecule has 1 aliphatic heterocycles. The third kappa shape index (κ3) is 2.44. The lowest BCUT2D eigenvalue weighted by Gasteiger charge is -2.51. The Balaban J connectivity index is 2.32. The normalized spacial score (nSPS) is 21.9. The first-order valence-electron chi connectivity index (χ1n) is 5.43. The van der Waals surface area contributed by atoms with Crippen LogP contribution in [0.2, 0.25) is 0 Å². The minimum atomic E-state index is 0.171. The monoisotopic (exact) mass is 185 g/mol. The predicted molar refractivity (Wildman–Crippen MR) is 55.9 cm³/mol. The van der Waals surface area contributed by atoms with E-state index in [4.69, 9.17) is 4.74 Å². The summed E-state index contributed by atoms with van der Waals surface area (Å²) >= 11 is 0. The molecule has 0 aromatic rings. The van der Waals surface area contributed by atoms with E-state index in [1.54, 1.807) is 0 Å². The number of ether oxygens (including phenoxy) is 1. The van der Waals surface area contributed by atoms with Crippen molar-refractivity contribution in [3.8, 4) is 0 Å². The fourth-order valence-corrected chi connectivity index (χ4v) is 1.91. The highest BCUT2D eigenvalue weighted by Crippen LogP contribution is 2.31. The molecule has 0 bridgehead atoms. The number of hydrogen-bond acceptors (Lipinski definition) is 2. The fourth-order valence-electron chi connectivity index (χ4n) is 1.91. The molecule has 78 valence electrons. The van der Waals surface area contributed by atoms with Crippen molar-refractivity contribution in [1.82, 2.24) is 4.90 Å². The predicted octanol–water partition coefficient (Wildman–Crippen LogP) is 2.14. The van der Waals surface area contributed by atoms with Crippen molar-refractivity contribution in [3.05, 3.63) is 0 Å². The smallest absolute Gasteiger partial charge is 0.0957 e. The van der Waals surface area contributed by atoms with E-state index in [2.05, 4.69) is 32.7 Å². The average Bonchev–Trinajstić information content (AvgIpc) is 2.00. The van der Waals surface area contributed by atoms with Gasteiger partial charge in [0, 0.05) is 19.7 Å². The number of likely N-dealkylation sites (tertiary alicyclic amines) is 1. The molecule has 2 nitrogen and oxygen atoms in total.